The highest BCUT2D eigenvalue weighted by Crippen LogP contribution is 2.25. The minimum absolute atomic E-state index is 0. The maximum atomic E-state index is 12.2. The molecule has 0 aromatic heterocycles. The highest BCUT2D eigenvalue weighted by atomic mass is 35.5. The highest BCUT2D eigenvalue weighted by molar-refractivity contribution is 7.99. The fourth-order valence-corrected chi connectivity index (χ4v) is 3.55. The fourth-order valence-electron chi connectivity index (χ4n) is 2.60. The third kappa shape index (κ3) is 4.66. The third-order valence-corrected chi connectivity index (χ3v) is 4.76. The molecule has 1 fully saturated rings. The lowest BCUT2D eigenvalue weighted by Crippen LogP contribution is -2.37. The summed E-state index contributed by atoms with van der Waals surface area (Å²) >= 11 is 1.74. The number of hydrogen-bond acceptors (Lipinski definition) is 4. The lowest BCUT2D eigenvalue weighted by atomic mass is 10.0. The predicted octanol–water partition coefficient (Wildman–Crippen LogP) is 3.31. The van der Waals surface area contributed by atoms with E-state index in [0.717, 1.165) is 35.1 Å². The second-order valence-electron chi connectivity index (χ2n) is 5.45. The standard InChI is InChI=1S/C18H20N2O2S.ClH/c1-22-17-8-7-15(20-18(21)16-11-23-12-19-16)10-14(17)9-13-5-3-2-4-6-13;/h2-8,10,16,19H,9,11-12H2,1H3,(H,20,21);1H. The van der Waals surface area contributed by atoms with Crippen molar-refractivity contribution in [2.75, 3.05) is 24.1 Å². The second kappa shape index (κ2) is 8.97. The van der Waals surface area contributed by atoms with E-state index >= 15 is 0 Å². The van der Waals surface area contributed by atoms with Crippen molar-refractivity contribution in [3.05, 3.63) is 59.7 Å². The minimum atomic E-state index is -0.111. The van der Waals surface area contributed by atoms with Gasteiger partial charge >= 0.3 is 0 Å². The molecule has 2 aromatic rings. The summed E-state index contributed by atoms with van der Waals surface area (Å²) in [6.45, 7) is 0. The van der Waals surface area contributed by atoms with Crippen molar-refractivity contribution >= 4 is 35.8 Å². The molecule has 0 saturated carbocycles. The van der Waals surface area contributed by atoms with E-state index < -0.39 is 0 Å². The molecular weight excluding hydrogens is 344 g/mol. The molecule has 2 N–H and O–H groups in total. The van der Waals surface area contributed by atoms with Crippen LogP contribution in [0.15, 0.2) is 48.5 Å². The molecule has 0 spiro atoms. The molecule has 1 atom stereocenters. The first-order valence-corrected chi connectivity index (χ1v) is 8.74. The Labute approximate surface area is 152 Å². The SMILES string of the molecule is COc1ccc(NC(=O)C2CSCN2)cc1Cc1ccccc1.Cl. The first-order valence-electron chi connectivity index (χ1n) is 7.59. The molecule has 1 saturated heterocycles. The van der Waals surface area contributed by atoms with Crippen molar-refractivity contribution in [1.29, 1.82) is 0 Å². The summed E-state index contributed by atoms with van der Waals surface area (Å²) in [7, 11) is 1.67. The van der Waals surface area contributed by atoms with Gasteiger partial charge in [0.1, 0.15) is 5.75 Å². The predicted molar refractivity (Wildman–Crippen MR) is 102 cm³/mol. The minimum Gasteiger partial charge on any atom is -0.496 e. The van der Waals surface area contributed by atoms with Crippen LogP contribution in [0.2, 0.25) is 0 Å². The van der Waals surface area contributed by atoms with Gasteiger partial charge in [0, 0.05) is 29.3 Å². The number of carbonyl (C=O) groups is 1. The van der Waals surface area contributed by atoms with Crippen LogP contribution in [0.25, 0.3) is 0 Å². The molecule has 1 aliphatic rings. The topological polar surface area (TPSA) is 50.4 Å². The quantitative estimate of drug-likeness (QED) is 0.854. The summed E-state index contributed by atoms with van der Waals surface area (Å²) in [6.07, 6.45) is 0.769. The number of halogens is 1. The molecule has 2 aromatic carbocycles. The van der Waals surface area contributed by atoms with E-state index in [1.54, 1.807) is 18.9 Å². The van der Waals surface area contributed by atoms with E-state index in [1.807, 2.05) is 36.4 Å². The first-order chi connectivity index (χ1) is 11.3. The molecule has 0 radical (unpaired) electrons. The van der Waals surface area contributed by atoms with Crippen molar-refractivity contribution in [1.82, 2.24) is 5.32 Å². The zero-order valence-electron chi connectivity index (χ0n) is 13.5. The second-order valence-corrected chi connectivity index (χ2v) is 6.48. The lowest BCUT2D eigenvalue weighted by molar-refractivity contribution is -0.117. The van der Waals surface area contributed by atoms with Crippen molar-refractivity contribution in [3.63, 3.8) is 0 Å². The summed E-state index contributed by atoms with van der Waals surface area (Å²) < 4.78 is 5.45. The van der Waals surface area contributed by atoms with E-state index in [2.05, 4.69) is 22.8 Å². The Balaban J connectivity index is 0.00000208. The monoisotopic (exact) mass is 364 g/mol. The number of amides is 1. The molecule has 128 valence electrons. The highest BCUT2D eigenvalue weighted by Gasteiger charge is 2.22. The van der Waals surface area contributed by atoms with Crippen LogP contribution in [0.4, 0.5) is 5.69 Å². The van der Waals surface area contributed by atoms with E-state index in [-0.39, 0.29) is 24.4 Å². The Bertz CT molecular complexity index is 676. The van der Waals surface area contributed by atoms with E-state index in [1.165, 1.54) is 5.56 Å². The van der Waals surface area contributed by atoms with Gasteiger partial charge in [-0.25, -0.2) is 0 Å². The first kappa shape index (κ1) is 18.6. The van der Waals surface area contributed by atoms with Crippen LogP contribution in [0, 0.1) is 0 Å². The number of ether oxygens (including phenoxy) is 1. The van der Waals surface area contributed by atoms with E-state index in [0.29, 0.717) is 0 Å². The zero-order chi connectivity index (χ0) is 16.1. The average molecular weight is 365 g/mol. The lowest BCUT2D eigenvalue weighted by Gasteiger charge is -2.14. The molecule has 1 amide bonds. The maximum Gasteiger partial charge on any atom is 0.242 e. The Morgan fingerprint density at radius 1 is 1.29 bits per heavy atom. The number of methoxy groups -OCH3 is 1. The number of nitrogens with one attached hydrogen (secondary N) is 2. The molecule has 6 heteroatoms. The van der Waals surface area contributed by atoms with Gasteiger partial charge in [0.25, 0.3) is 0 Å². The molecule has 4 nitrogen and oxygen atoms in total. The van der Waals surface area contributed by atoms with Gasteiger partial charge in [0.2, 0.25) is 5.91 Å². The van der Waals surface area contributed by atoms with Crippen molar-refractivity contribution in [2.45, 2.75) is 12.5 Å². The van der Waals surface area contributed by atoms with Gasteiger partial charge < -0.3 is 10.1 Å². The Morgan fingerprint density at radius 3 is 2.75 bits per heavy atom. The van der Waals surface area contributed by atoms with Crippen molar-refractivity contribution in [2.24, 2.45) is 0 Å². The molecular formula is C18H21ClN2O2S. The van der Waals surface area contributed by atoms with Crippen LogP contribution in [0.5, 0.6) is 5.75 Å². The maximum absolute atomic E-state index is 12.2. The molecule has 3 rings (SSSR count). The van der Waals surface area contributed by atoms with Gasteiger partial charge in [-0.1, -0.05) is 30.3 Å². The van der Waals surface area contributed by atoms with Crippen LogP contribution in [-0.4, -0.2) is 30.7 Å². The Morgan fingerprint density at radius 2 is 2.08 bits per heavy atom. The summed E-state index contributed by atoms with van der Waals surface area (Å²) in [6, 6.07) is 15.9. The molecule has 1 heterocycles. The summed E-state index contributed by atoms with van der Waals surface area (Å²) in [5.74, 6) is 2.51. The van der Waals surface area contributed by atoms with Crippen LogP contribution in [0.3, 0.4) is 0 Å². The zero-order valence-corrected chi connectivity index (χ0v) is 15.1. The Hall–Kier alpha value is -1.69. The van der Waals surface area contributed by atoms with Gasteiger partial charge in [0.15, 0.2) is 0 Å². The van der Waals surface area contributed by atoms with Gasteiger partial charge in [-0.2, -0.15) is 0 Å². The number of hydrogen-bond donors (Lipinski definition) is 2. The number of carbonyl (C=O) groups excluding carboxylic acids is 1. The fraction of sp³-hybridized carbons (Fsp3) is 0.278. The van der Waals surface area contributed by atoms with Crippen LogP contribution in [0.1, 0.15) is 11.1 Å². The number of benzene rings is 2. The van der Waals surface area contributed by atoms with Gasteiger partial charge in [-0.15, -0.1) is 24.2 Å². The number of thioether (sulfide) groups is 1. The van der Waals surface area contributed by atoms with Gasteiger partial charge in [-0.05, 0) is 23.8 Å². The third-order valence-electron chi connectivity index (χ3n) is 3.82. The summed E-state index contributed by atoms with van der Waals surface area (Å²) in [4.78, 5) is 12.2. The van der Waals surface area contributed by atoms with E-state index in [9.17, 15) is 4.79 Å². The van der Waals surface area contributed by atoms with Crippen LogP contribution < -0.4 is 15.4 Å². The largest absolute Gasteiger partial charge is 0.496 e. The average Bonchev–Trinajstić information content (AvgIpc) is 3.11. The van der Waals surface area contributed by atoms with E-state index in [4.69, 9.17) is 4.74 Å². The Kier molecular flexibility index (Phi) is 6.97. The van der Waals surface area contributed by atoms with Crippen molar-refractivity contribution < 1.29 is 9.53 Å². The molecule has 24 heavy (non-hydrogen) atoms. The summed E-state index contributed by atoms with van der Waals surface area (Å²) in [5.41, 5.74) is 3.08. The normalized spacial score (nSPS) is 16.3. The molecule has 1 aliphatic heterocycles. The number of anilines is 1. The van der Waals surface area contributed by atoms with Crippen molar-refractivity contribution in [3.8, 4) is 5.75 Å². The molecule has 0 bridgehead atoms. The van der Waals surface area contributed by atoms with Crippen LogP contribution >= 0.6 is 24.2 Å². The van der Waals surface area contributed by atoms with Gasteiger partial charge in [0.05, 0.1) is 13.2 Å². The summed E-state index contributed by atoms with van der Waals surface area (Å²) in [5, 5.41) is 6.17. The smallest absolute Gasteiger partial charge is 0.242 e. The van der Waals surface area contributed by atoms with Gasteiger partial charge in [-0.3, -0.25) is 10.1 Å². The molecule has 1 unspecified atom stereocenters. The number of rotatable bonds is 5. The van der Waals surface area contributed by atoms with Crippen LogP contribution in [-0.2, 0) is 11.2 Å². The molecule has 0 aliphatic carbocycles.